The van der Waals surface area contributed by atoms with Crippen molar-refractivity contribution in [2.45, 2.75) is 6.10 Å². The third kappa shape index (κ3) is 3.21. The van der Waals surface area contributed by atoms with Crippen LogP contribution in [0.1, 0.15) is 0 Å². The second-order valence-electron chi connectivity index (χ2n) is 3.47. The largest absolute Gasteiger partial charge is 0.483 e. The van der Waals surface area contributed by atoms with E-state index in [1.54, 1.807) is 6.07 Å². The lowest BCUT2D eigenvalue weighted by atomic mass is 10.3. The van der Waals surface area contributed by atoms with Crippen LogP contribution in [0.2, 0.25) is 5.02 Å². The van der Waals surface area contributed by atoms with Crippen molar-refractivity contribution in [3.63, 3.8) is 0 Å². The Hall–Kier alpha value is -1.05. The van der Waals surface area contributed by atoms with Crippen LogP contribution in [0.3, 0.4) is 0 Å². The van der Waals surface area contributed by atoms with Gasteiger partial charge in [0.1, 0.15) is 13.2 Å². The van der Waals surface area contributed by atoms with E-state index < -0.39 is 16.2 Å². The molecule has 0 saturated carbocycles. The van der Waals surface area contributed by atoms with Crippen molar-refractivity contribution >= 4 is 21.7 Å². The minimum absolute atomic E-state index is 0.119. The number of fused-ring (bicyclic) bond motifs is 1. The first-order chi connectivity index (χ1) is 7.96. The van der Waals surface area contributed by atoms with Crippen LogP contribution in [0.25, 0.3) is 0 Å². The van der Waals surface area contributed by atoms with Gasteiger partial charge < -0.3 is 9.47 Å². The van der Waals surface area contributed by atoms with Crippen LogP contribution in [0, 0.1) is 0 Å². The summed E-state index contributed by atoms with van der Waals surface area (Å²) >= 11 is 5.87. The molecule has 0 spiro atoms. The van der Waals surface area contributed by atoms with Gasteiger partial charge in [-0.25, -0.2) is 4.98 Å². The van der Waals surface area contributed by atoms with Gasteiger partial charge in [-0.1, -0.05) is 11.6 Å². The summed E-state index contributed by atoms with van der Waals surface area (Å²) in [6, 6.07) is 1.58. The molecule has 8 heteroatoms. The Kier molecular flexibility index (Phi) is 3.41. The summed E-state index contributed by atoms with van der Waals surface area (Å²) in [7, 11) is -3.49. The van der Waals surface area contributed by atoms with Gasteiger partial charge in [0.05, 0.1) is 11.3 Å². The zero-order chi connectivity index (χ0) is 12.5. The molecule has 1 aromatic heterocycles. The van der Waals surface area contributed by atoms with E-state index in [4.69, 9.17) is 21.1 Å². The third-order valence-electron chi connectivity index (χ3n) is 1.98. The maximum Gasteiger partial charge on any atom is 0.264 e. The highest BCUT2D eigenvalue weighted by molar-refractivity contribution is 7.85. The Morgan fingerprint density at radius 2 is 2.41 bits per heavy atom. The van der Waals surface area contributed by atoms with Gasteiger partial charge in [0.2, 0.25) is 0 Å². The molecule has 94 valence electrons. The summed E-state index contributed by atoms with van der Waals surface area (Å²) in [6.07, 6.45) is 1.92. The van der Waals surface area contributed by atoms with Gasteiger partial charge >= 0.3 is 0 Å². The van der Waals surface area contributed by atoms with Gasteiger partial charge in [0.15, 0.2) is 11.9 Å². The minimum atomic E-state index is -3.49. The normalized spacial score (nSPS) is 19.1. The van der Waals surface area contributed by atoms with E-state index in [2.05, 4.69) is 9.17 Å². The Bertz CT molecular complexity index is 518. The lowest BCUT2D eigenvalue weighted by Gasteiger charge is -2.25. The molecule has 0 N–H and O–H groups in total. The average Bonchev–Trinajstić information content (AvgIpc) is 2.26. The van der Waals surface area contributed by atoms with E-state index in [0.29, 0.717) is 10.8 Å². The molecule has 0 amide bonds. The molecule has 0 fully saturated rings. The molecule has 17 heavy (non-hydrogen) atoms. The van der Waals surface area contributed by atoms with Crippen LogP contribution < -0.4 is 9.47 Å². The van der Waals surface area contributed by atoms with Crippen molar-refractivity contribution < 1.29 is 22.1 Å². The number of rotatable bonds is 3. The second-order valence-corrected chi connectivity index (χ2v) is 5.52. The number of hydrogen-bond donors (Lipinski definition) is 0. The molecule has 0 aliphatic carbocycles. The highest BCUT2D eigenvalue weighted by atomic mass is 35.5. The molecule has 1 unspecified atom stereocenters. The number of halogens is 1. The zero-order valence-electron chi connectivity index (χ0n) is 8.92. The Morgan fingerprint density at radius 1 is 1.65 bits per heavy atom. The Morgan fingerprint density at radius 3 is 3.12 bits per heavy atom. The van der Waals surface area contributed by atoms with E-state index in [9.17, 15) is 8.42 Å². The summed E-state index contributed by atoms with van der Waals surface area (Å²) < 4.78 is 37.0. The molecular weight excluding hydrogens is 270 g/mol. The molecular formula is C9H10ClNO5S. The van der Waals surface area contributed by atoms with Gasteiger partial charge in [-0.15, -0.1) is 0 Å². The summed E-state index contributed by atoms with van der Waals surface area (Å²) in [6.45, 7) is 0.0421. The quantitative estimate of drug-likeness (QED) is 0.764. The van der Waals surface area contributed by atoms with Crippen LogP contribution in [0.5, 0.6) is 11.6 Å². The standard InChI is InChI=1S/C9H10ClNO5S/c1-17(12,13)15-5-6-4-14-8-7(10)2-3-11-9(8)16-6/h2-3,6H,4-5H2,1H3. The first kappa shape index (κ1) is 12.4. The number of aromatic nitrogens is 1. The van der Waals surface area contributed by atoms with Crippen molar-refractivity contribution in [1.82, 2.24) is 4.98 Å². The zero-order valence-corrected chi connectivity index (χ0v) is 10.5. The van der Waals surface area contributed by atoms with Crippen molar-refractivity contribution in [1.29, 1.82) is 0 Å². The number of ether oxygens (including phenoxy) is 2. The van der Waals surface area contributed by atoms with E-state index in [1.165, 1.54) is 6.20 Å². The molecule has 1 aromatic rings. The van der Waals surface area contributed by atoms with Crippen molar-refractivity contribution in [2.75, 3.05) is 19.5 Å². The molecule has 2 heterocycles. The average molecular weight is 280 g/mol. The highest BCUT2D eigenvalue weighted by Gasteiger charge is 2.25. The number of hydrogen-bond acceptors (Lipinski definition) is 6. The smallest absolute Gasteiger partial charge is 0.264 e. The topological polar surface area (TPSA) is 74.7 Å². The summed E-state index contributed by atoms with van der Waals surface area (Å²) in [4.78, 5) is 3.94. The summed E-state index contributed by atoms with van der Waals surface area (Å²) in [5.41, 5.74) is 0. The molecule has 1 aliphatic heterocycles. The van der Waals surface area contributed by atoms with Crippen LogP contribution in [-0.4, -0.2) is 39.0 Å². The predicted octanol–water partition coefficient (Wildman–Crippen LogP) is 0.851. The summed E-state index contributed by atoms with van der Waals surface area (Å²) in [5.74, 6) is 0.607. The SMILES string of the molecule is CS(=O)(=O)OCC1COc2c(Cl)ccnc2O1. The fraction of sp³-hybridized carbons (Fsp3) is 0.444. The molecule has 0 radical (unpaired) electrons. The van der Waals surface area contributed by atoms with Gasteiger partial charge in [-0.05, 0) is 6.07 Å². The molecule has 2 rings (SSSR count). The molecule has 0 aromatic carbocycles. The van der Waals surface area contributed by atoms with E-state index >= 15 is 0 Å². The van der Waals surface area contributed by atoms with Crippen molar-refractivity contribution in [2.24, 2.45) is 0 Å². The predicted molar refractivity (Wildman–Crippen MR) is 60.0 cm³/mol. The van der Waals surface area contributed by atoms with Gasteiger partial charge in [0, 0.05) is 6.20 Å². The van der Waals surface area contributed by atoms with Gasteiger partial charge in [-0.2, -0.15) is 8.42 Å². The van der Waals surface area contributed by atoms with Gasteiger partial charge in [-0.3, -0.25) is 4.18 Å². The highest BCUT2D eigenvalue weighted by Crippen LogP contribution is 2.35. The molecule has 0 bridgehead atoms. The number of pyridine rings is 1. The molecule has 6 nitrogen and oxygen atoms in total. The van der Waals surface area contributed by atoms with Crippen molar-refractivity contribution in [3.8, 4) is 11.6 Å². The van der Waals surface area contributed by atoms with E-state index in [0.717, 1.165) is 6.26 Å². The molecule has 0 saturated heterocycles. The van der Waals surface area contributed by atoms with Crippen LogP contribution in [0.4, 0.5) is 0 Å². The number of nitrogens with zero attached hydrogens (tertiary/aromatic N) is 1. The maximum atomic E-state index is 10.8. The third-order valence-corrected chi connectivity index (χ3v) is 2.85. The second kappa shape index (κ2) is 4.67. The minimum Gasteiger partial charge on any atom is -0.483 e. The first-order valence-corrected chi connectivity index (χ1v) is 6.93. The maximum absolute atomic E-state index is 10.8. The van der Waals surface area contributed by atoms with Crippen LogP contribution >= 0.6 is 11.6 Å². The van der Waals surface area contributed by atoms with Crippen LogP contribution in [0.15, 0.2) is 12.3 Å². The van der Waals surface area contributed by atoms with E-state index in [-0.39, 0.29) is 19.1 Å². The lowest BCUT2D eigenvalue weighted by molar-refractivity contribution is 0.0510. The van der Waals surface area contributed by atoms with E-state index in [1.807, 2.05) is 0 Å². The van der Waals surface area contributed by atoms with Gasteiger partial charge in [0.25, 0.3) is 16.0 Å². The Labute approximate surface area is 104 Å². The first-order valence-electron chi connectivity index (χ1n) is 4.74. The fourth-order valence-corrected chi connectivity index (χ4v) is 1.86. The fourth-order valence-electron chi connectivity index (χ4n) is 1.27. The summed E-state index contributed by atoms with van der Waals surface area (Å²) in [5, 5.41) is 0.400. The lowest BCUT2D eigenvalue weighted by Crippen LogP contribution is -2.34. The van der Waals surface area contributed by atoms with Crippen LogP contribution in [-0.2, 0) is 14.3 Å². The molecule has 1 atom stereocenters. The Balaban J connectivity index is 2.04. The monoisotopic (exact) mass is 279 g/mol. The van der Waals surface area contributed by atoms with Crippen molar-refractivity contribution in [3.05, 3.63) is 17.3 Å². The molecule has 1 aliphatic rings.